The second kappa shape index (κ2) is 7.14. The molecule has 20 heavy (non-hydrogen) atoms. The van der Waals surface area contributed by atoms with Crippen LogP contribution in [0.1, 0.15) is 30.6 Å². The Morgan fingerprint density at radius 2 is 2.10 bits per heavy atom. The first-order valence-electron chi connectivity index (χ1n) is 6.27. The highest BCUT2D eigenvalue weighted by Crippen LogP contribution is 2.25. The minimum atomic E-state index is -0.943. The SMILES string of the molecule is CCN(C(=O)c1cc(Cl)ccc1OC)C(C)CC(=O)O. The van der Waals surface area contributed by atoms with Gasteiger partial charge in [-0.25, -0.2) is 0 Å². The van der Waals surface area contributed by atoms with Gasteiger partial charge in [0.15, 0.2) is 0 Å². The summed E-state index contributed by atoms with van der Waals surface area (Å²) in [5, 5.41) is 9.27. The van der Waals surface area contributed by atoms with Gasteiger partial charge in [-0.15, -0.1) is 0 Å². The average molecular weight is 300 g/mol. The Morgan fingerprint density at radius 1 is 1.45 bits per heavy atom. The lowest BCUT2D eigenvalue weighted by molar-refractivity contribution is -0.138. The molecule has 0 aliphatic heterocycles. The van der Waals surface area contributed by atoms with Crippen molar-refractivity contribution >= 4 is 23.5 Å². The first-order valence-corrected chi connectivity index (χ1v) is 6.64. The van der Waals surface area contributed by atoms with Crippen molar-refractivity contribution in [2.75, 3.05) is 13.7 Å². The molecule has 1 amide bonds. The fraction of sp³-hybridized carbons (Fsp3) is 0.429. The number of carbonyl (C=O) groups is 2. The number of aliphatic carboxylic acids is 1. The van der Waals surface area contributed by atoms with E-state index in [4.69, 9.17) is 21.4 Å². The second-order valence-electron chi connectivity index (χ2n) is 4.38. The summed E-state index contributed by atoms with van der Waals surface area (Å²) < 4.78 is 5.15. The van der Waals surface area contributed by atoms with E-state index in [1.807, 2.05) is 0 Å². The molecule has 1 aromatic rings. The maximum Gasteiger partial charge on any atom is 0.305 e. The lowest BCUT2D eigenvalue weighted by atomic mass is 10.1. The van der Waals surface area contributed by atoms with Gasteiger partial charge in [0.1, 0.15) is 5.75 Å². The number of carboxylic acids is 1. The summed E-state index contributed by atoms with van der Waals surface area (Å²) in [4.78, 5) is 24.8. The van der Waals surface area contributed by atoms with Crippen molar-refractivity contribution in [3.05, 3.63) is 28.8 Å². The topological polar surface area (TPSA) is 66.8 Å². The zero-order chi connectivity index (χ0) is 15.3. The Labute approximate surface area is 123 Å². The van der Waals surface area contributed by atoms with Crippen LogP contribution in [-0.2, 0) is 4.79 Å². The van der Waals surface area contributed by atoms with Crippen LogP contribution in [0, 0.1) is 0 Å². The van der Waals surface area contributed by atoms with E-state index >= 15 is 0 Å². The van der Waals surface area contributed by atoms with Gasteiger partial charge in [0.2, 0.25) is 0 Å². The molecule has 1 unspecified atom stereocenters. The fourth-order valence-electron chi connectivity index (χ4n) is 2.02. The molecular formula is C14H18ClNO4. The van der Waals surface area contributed by atoms with Crippen LogP contribution in [-0.4, -0.2) is 41.6 Å². The molecule has 1 atom stereocenters. The van der Waals surface area contributed by atoms with Gasteiger partial charge in [-0.1, -0.05) is 11.6 Å². The first-order chi connectivity index (χ1) is 9.40. The Bertz CT molecular complexity index is 504. The number of carboxylic acid groups (broad SMARTS) is 1. The van der Waals surface area contributed by atoms with Crippen LogP contribution in [0.3, 0.4) is 0 Å². The monoisotopic (exact) mass is 299 g/mol. The summed E-state index contributed by atoms with van der Waals surface area (Å²) in [6.45, 7) is 3.91. The van der Waals surface area contributed by atoms with Crippen molar-refractivity contribution < 1.29 is 19.4 Å². The van der Waals surface area contributed by atoms with Gasteiger partial charge < -0.3 is 14.7 Å². The van der Waals surface area contributed by atoms with Crippen LogP contribution >= 0.6 is 11.6 Å². The van der Waals surface area contributed by atoms with Crippen LogP contribution in [0.2, 0.25) is 5.02 Å². The van der Waals surface area contributed by atoms with Gasteiger partial charge in [0.05, 0.1) is 19.1 Å². The smallest absolute Gasteiger partial charge is 0.305 e. The summed E-state index contributed by atoms with van der Waals surface area (Å²) in [5.74, 6) is -0.817. The maximum atomic E-state index is 12.5. The molecule has 1 aromatic carbocycles. The third kappa shape index (κ3) is 3.87. The number of methoxy groups -OCH3 is 1. The van der Waals surface area contributed by atoms with Crippen molar-refractivity contribution in [1.82, 2.24) is 4.90 Å². The third-order valence-corrected chi connectivity index (χ3v) is 3.23. The molecule has 0 fully saturated rings. The summed E-state index contributed by atoms with van der Waals surface area (Å²) in [5.41, 5.74) is 0.332. The molecular weight excluding hydrogens is 282 g/mol. The number of amides is 1. The van der Waals surface area contributed by atoms with E-state index in [2.05, 4.69) is 0 Å². The summed E-state index contributed by atoms with van der Waals surface area (Å²) in [7, 11) is 1.47. The van der Waals surface area contributed by atoms with Crippen LogP contribution in [0.5, 0.6) is 5.75 Å². The number of hydrogen-bond acceptors (Lipinski definition) is 3. The molecule has 0 saturated heterocycles. The van der Waals surface area contributed by atoms with Gasteiger partial charge in [0, 0.05) is 17.6 Å². The molecule has 0 bridgehead atoms. The second-order valence-corrected chi connectivity index (χ2v) is 4.82. The van der Waals surface area contributed by atoms with Crippen molar-refractivity contribution in [2.45, 2.75) is 26.3 Å². The summed E-state index contributed by atoms with van der Waals surface area (Å²) in [6, 6.07) is 4.37. The predicted molar refractivity (Wildman–Crippen MR) is 76.4 cm³/mol. The number of carbonyl (C=O) groups excluding carboxylic acids is 1. The number of hydrogen-bond donors (Lipinski definition) is 1. The summed E-state index contributed by atoms with van der Waals surface area (Å²) in [6.07, 6.45) is -0.109. The molecule has 0 heterocycles. The zero-order valence-corrected chi connectivity index (χ0v) is 12.5. The highest BCUT2D eigenvalue weighted by molar-refractivity contribution is 6.31. The van der Waals surface area contributed by atoms with Gasteiger partial charge in [-0.05, 0) is 32.0 Å². The highest BCUT2D eigenvalue weighted by Gasteiger charge is 2.24. The predicted octanol–water partition coefficient (Wildman–Crippen LogP) is 2.67. The highest BCUT2D eigenvalue weighted by atomic mass is 35.5. The standard InChI is InChI=1S/C14H18ClNO4/c1-4-16(9(2)7-13(17)18)14(19)11-8-10(15)5-6-12(11)20-3/h5-6,8-9H,4,7H2,1-3H3,(H,17,18). The maximum absolute atomic E-state index is 12.5. The lowest BCUT2D eigenvalue weighted by Crippen LogP contribution is -2.39. The van der Waals surface area contributed by atoms with Crippen molar-refractivity contribution in [3.8, 4) is 5.75 Å². The molecule has 6 heteroatoms. The van der Waals surface area contributed by atoms with Crippen molar-refractivity contribution in [2.24, 2.45) is 0 Å². The van der Waals surface area contributed by atoms with E-state index in [0.29, 0.717) is 22.9 Å². The van der Waals surface area contributed by atoms with Gasteiger partial charge in [-0.2, -0.15) is 0 Å². The van der Waals surface area contributed by atoms with Crippen LogP contribution < -0.4 is 4.74 Å². The van der Waals surface area contributed by atoms with E-state index in [1.165, 1.54) is 18.1 Å². The quantitative estimate of drug-likeness (QED) is 0.877. The molecule has 110 valence electrons. The molecule has 0 aliphatic rings. The number of ether oxygens (including phenoxy) is 1. The Hall–Kier alpha value is -1.75. The molecule has 5 nitrogen and oxygen atoms in total. The normalized spacial score (nSPS) is 11.8. The minimum absolute atomic E-state index is 0.109. The number of rotatable bonds is 6. The van der Waals surface area contributed by atoms with E-state index in [-0.39, 0.29) is 12.3 Å². The van der Waals surface area contributed by atoms with Crippen molar-refractivity contribution in [1.29, 1.82) is 0 Å². The fourth-order valence-corrected chi connectivity index (χ4v) is 2.19. The Kier molecular flexibility index (Phi) is 5.82. The minimum Gasteiger partial charge on any atom is -0.496 e. The van der Waals surface area contributed by atoms with Crippen LogP contribution in [0.4, 0.5) is 0 Å². The van der Waals surface area contributed by atoms with E-state index in [1.54, 1.807) is 26.0 Å². The van der Waals surface area contributed by atoms with E-state index in [0.717, 1.165) is 0 Å². The van der Waals surface area contributed by atoms with Gasteiger partial charge in [-0.3, -0.25) is 9.59 Å². The molecule has 1 rings (SSSR count). The largest absolute Gasteiger partial charge is 0.496 e. The zero-order valence-electron chi connectivity index (χ0n) is 11.7. The number of benzene rings is 1. The first kappa shape index (κ1) is 16.3. The van der Waals surface area contributed by atoms with Crippen molar-refractivity contribution in [3.63, 3.8) is 0 Å². The molecule has 0 saturated carbocycles. The lowest BCUT2D eigenvalue weighted by Gasteiger charge is -2.27. The van der Waals surface area contributed by atoms with Gasteiger partial charge >= 0.3 is 5.97 Å². The third-order valence-electron chi connectivity index (χ3n) is 3.00. The summed E-state index contributed by atoms with van der Waals surface area (Å²) >= 11 is 5.91. The molecule has 0 aromatic heterocycles. The molecule has 1 N–H and O–H groups in total. The number of halogens is 1. The Balaban J connectivity index is 3.07. The van der Waals surface area contributed by atoms with E-state index in [9.17, 15) is 9.59 Å². The average Bonchev–Trinajstić information content (AvgIpc) is 2.38. The van der Waals surface area contributed by atoms with Crippen LogP contribution in [0.15, 0.2) is 18.2 Å². The molecule has 0 spiro atoms. The van der Waals surface area contributed by atoms with Crippen LogP contribution in [0.25, 0.3) is 0 Å². The van der Waals surface area contributed by atoms with Gasteiger partial charge in [0.25, 0.3) is 5.91 Å². The molecule has 0 radical (unpaired) electrons. The number of nitrogens with zero attached hydrogens (tertiary/aromatic N) is 1. The van der Waals surface area contributed by atoms with E-state index < -0.39 is 12.0 Å². The molecule has 0 aliphatic carbocycles. The Morgan fingerprint density at radius 3 is 2.60 bits per heavy atom.